The molecule has 7 heteroatoms. The van der Waals surface area contributed by atoms with Crippen molar-refractivity contribution in [3.05, 3.63) is 107 Å². The Labute approximate surface area is 183 Å². The van der Waals surface area contributed by atoms with E-state index in [4.69, 9.17) is 0 Å². The highest BCUT2D eigenvalue weighted by atomic mass is 16.2. The summed E-state index contributed by atoms with van der Waals surface area (Å²) < 4.78 is 3.35. The molecular formula is C25H21N5O2. The van der Waals surface area contributed by atoms with Gasteiger partial charge >= 0.3 is 0 Å². The van der Waals surface area contributed by atoms with Crippen molar-refractivity contribution in [2.24, 2.45) is 0 Å². The molecule has 0 fully saturated rings. The first-order chi connectivity index (χ1) is 15.7. The van der Waals surface area contributed by atoms with E-state index in [-0.39, 0.29) is 24.6 Å². The third-order valence-corrected chi connectivity index (χ3v) is 5.45. The van der Waals surface area contributed by atoms with E-state index in [9.17, 15) is 9.59 Å². The number of nitrogens with one attached hydrogen (secondary N) is 1. The summed E-state index contributed by atoms with van der Waals surface area (Å²) >= 11 is 0. The summed E-state index contributed by atoms with van der Waals surface area (Å²) in [6, 6.07) is 21.0. The minimum atomic E-state index is -0.168. The van der Waals surface area contributed by atoms with Crippen molar-refractivity contribution in [2.75, 3.05) is 0 Å². The molecule has 32 heavy (non-hydrogen) atoms. The molecule has 3 heterocycles. The molecule has 0 bridgehead atoms. The van der Waals surface area contributed by atoms with E-state index >= 15 is 0 Å². The summed E-state index contributed by atoms with van der Waals surface area (Å²) in [5.74, 6) is -0.123. The number of pyridine rings is 1. The Balaban J connectivity index is 1.40. The Bertz CT molecular complexity index is 1470. The number of carbonyl (C=O) groups is 1. The summed E-state index contributed by atoms with van der Waals surface area (Å²) in [4.78, 5) is 29.7. The van der Waals surface area contributed by atoms with Crippen LogP contribution in [-0.2, 0) is 24.4 Å². The van der Waals surface area contributed by atoms with Crippen LogP contribution in [0.3, 0.4) is 0 Å². The standard InChI is InChI=1S/C25H21N5O2/c31-24(17-29-13-11-19-7-1-4-10-23(19)29)27-15-22-20-8-2-3-9-21(20)25(32)30(28-22)16-18-6-5-12-26-14-18/h1-14H,15-17H2,(H,27,31). The first-order valence-corrected chi connectivity index (χ1v) is 10.4. The number of hydrogen-bond acceptors (Lipinski definition) is 4. The molecule has 0 saturated heterocycles. The van der Waals surface area contributed by atoms with Gasteiger partial charge < -0.3 is 9.88 Å². The normalized spacial score (nSPS) is 11.1. The first kappa shape index (κ1) is 19.7. The van der Waals surface area contributed by atoms with Crippen molar-refractivity contribution in [3.8, 4) is 0 Å². The summed E-state index contributed by atoms with van der Waals surface area (Å²) in [6.45, 7) is 0.750. The lowest BCUT2D eigenvalue weighted by Gasteiger charge is -2.12. The van der Waals surface area contributed by atoms with Crippen LogP contribution in [0.2, 0.25) is 0 Å². The fourth-order valence-corrected chi connectivity index (χ4v) is 3.88. The van der Waals surface area contributed by atoms with Crippen LogP contribution < -0.4 is 10.9 Å². The average Bonchev–Trinajstić information content (AvgIpc) is 3.23. The molecule has 0 unspecified atom stereocenters. The maximum absolute atomic E-state index is 12.9. The Kier molecular flexibility index (Phi) is 5.21. The van der Waals surface area contributed by atoms with Crippen molar-refractivity contribution >= 4 is 27.6 Å². The van der Waals surface area contributed by atoms with Gasteiger partial charge in [-0.2, -0.15) is 5.10 Å². The molecule has 5 rings (SSSR count). The van der Waals surface area contributed by atoms with Gasteiger partial charge in [0.25, 0.3) is 5.56 Å². The third kappa shape index (κ3) is 3.88. The van der Waals surface area contributed by atoms with Crippen LogP contribution in [0.15, 0.2) is 90.1 Å². The molecule has 0 atom stereocenters. The van der Waals surface area contributed by atoms with Gasteiger partial charge in [-0.25, -0.2) is 4.68 Å². The highest BCUT2D eigenvalue weighted by Gasteiger charge is 2.12. The highest BCUT2D eigenvalue weighted by Crippen LogP contribution is 2.16. The van der Waals surface area contributed by atoms with Gasteiger partial charge in [0.1, 0.15) is 6.54 Å². The van der Waals surface area contributed by atoms with Crippen molar-refractivity contribution in [1.82, 2.24) is 24.6 Å². The number of carbonyl (C=O) groups excluding carboxylic acids is 1. The Morgan fingerprint density at radius 3 is 2.59 bits per heavy atom. The van der Waals surface area contributed by atoms with Gasteiger partial charge in [-0.3, -0.25) is 14.6 Å². The van der Waals surface area contributed by atoms with Crippen LogP contribution in [0.25, 0.3) is 21.7 Å². The van der Waals surface area contributed by atoms with Crippen LogP contribution in [0.4, 0.5) is 0 Å². The van der Waals surface area contributed by atoms with Crippen LogP contribution in [0, 0.1) is 0 Å². The Hall–Kier alpha value is -4.26. The zero-order valence-electron chi connectivity index (χ0n) is 17.3. The third-order valence-electron chi connectivity index (χ3n) is 5.45. The van der Waals surface area contributed by atoms with Gasteiger partial charge in [-0.15, -0.1) is 0 Å². The Morgan fingerprint density at radius 1 is 0.938 bits per heavy atom. The largest absolute Gasteiger partial charge is 0.349 e. The summed E-state index contributed by atoms with van der Waals surface area (Å²) in [5.41, 5.74) is 2.37. The van der Waals surface area contributed by atoms with E-state index in [1.807, 2.05) is 71.4 Å². The van der Waals surface area contributed by atoms with E-state index in [0.29, 0.717) is 17.6 Å². The molecule has 0 aliphatic rings. The number of para-hydroxylation sites is 1. The van der Waals surface area contributed by atoms with Crippen LogP contribution in [0.5, 0.6) is 0 Å². The van der Waals surface area contributed by atoms with Gasteiger partial charge in [0, 0.05) is 29.5 Å². The minimum absolute atomic E-state index is 0.123. The maximum atomic E-state index is 12.9. The molecule has 0 aliphatic heterocycles. The molecule has 0 aliphatic carbocycles. The summed E-state index contributed by atoms with van der Waals surface area (Å²) in [5, 5.41) is 9.94. The predicted octanol–water partition coefficient (Wildman–Crippen LogP) is 3.11. The lowest BCUT2D eigenvalue weighted by Crippen LogP contribution is -2.30. The van der Waals surface area contributed by atoms with Gasteiger partial charge in [-0.1, -0.05) is 42.5 Å². The molecule has 1 amide bonds. The number of benzene rings is 2. The minimum Gasteiger partial charge on any atom is -0.349 e. The van der Waals surface area contributed by atoms with Gasteiger partial charge in [-0.05, 0) is 35.2 Å². The van der Waals surface area contributed by atoms with Crippen LogP contribution in [-0.4, -0.2) is 25.2 Å². The lowest BCUT2D eigenvalue weighted by molar-refractivity contribution is -0.121. The molecular weight excluding hydrogens is 402 g/mol. The van der Waals surface area contributed by atoms with E-state index < -0.39 is 0 Å². The van der Waals surface area contributed by atoms with Gasteiger partial charge in [0.05, 0.1) is 24.2 Å². The molecule has 5 aromatic rings. The molecule has 7 nitrogen and oxygen atoms in total. The molecule has 1 N–H and O–H groups in total. The van der Waals surface area contributed by atoms with Gasteiger partial charge in [0.2, 0.25) is 5.91 Å². The lowest BCUT2D eigenvalue weighted by atomic mass is 10.1. The van der Waals surface area contributed by atoms with E-state index in [1.54, 1.807) is 18.5 Å². The second-order valence-corrected chi connectivity index (χ2v) is 7.60. The van der Waals surface area contributed by atoms with Gasteiger partial charge in [0.15, 0.2) is 0 Å². The predicted molar refractivity (Wildman–Crippen MR) is 123 cm³/mol. The topological polar surface area (TPSA) is 81.8 Å². The highest BCUT2D eigenvalue weighted by molar-refractivity contribution is 5.85. The number of fused-ring (bicyclic) bond motifs is 2. The molecule has 3 aromatic heterocycles. The molecule has 158 valence electrons. The van der Waals surface area contributed by atoms with E-state index in [2.05, 4.69) is 15.4 Å². The number of amides is 1. The van der Waals surface area contributed by atoms with Crippen LogP contribution in [0.1, 0.15) is 11.3 Å². The van der Waals surface area contributed by atoms with Crippen molar-refractivity contribution in [3.63, 3.8) is 0 Å². The number of nitrogens with zero attached hydrogens (tertiary/aromatic N) is 4. The van der Waals surface area contributed by atoms with E-state index in [0.717, 1.165) is 21.9 Å². The second-order valence-electron chi connectivity index (χ2n) is 7.60. The monoisotopic (exact) mass is 423 g/mol. The zero-order chi connectivity index (χ0) is 21.9. The number of aromatic nitrogens is 4. The molecule has 0 radical (unpaired) electrons. The quantitative estimate of drug-likeness (QED) is 0.455. The van der Waals surface area contributed by atoms with Crippen molar-refractivity contribution < 1.29 is 4.79 Å². The summed E-state index contributed by atoms with van der Waals surface area (Å²) in [6.07, 6.45) is 5.31. The van der Waals surface area contributed by atoms with Crippen molar-refractivity contribution in [1.29, 1.82) is 0 Å². The maximum Gasteiger partial charge on any atom is 0.274 e. The SMILES string of the molecule is O=C(Cn1ccc2ccccc21)NCc1nn(Cc2cccnc2)c(=O)c2ccccc12. The smallest absolute Gasteiger partial charge is 0.274 e. The molecule has 0 saturated carbocycles. The zero-order valence-corrected chi connectivity index (χ0v) is 17.3. The fraction of sp³-hybridized carbons (Fsp3) is 0.120. The fourth-order valence-electron chi connectivity index (χ4n) is 3.88. The molecule has 2 aromatic carbocycles. The Morgan fingerprint density at radius 2 is 1.75 bits per heavy atom. The van der Waals surface area contributed by atoms with Crippen molar-refractivity contribution in [2.45, 2.75) is 19.6 Å². The number of hydrogen-bond donors (Lipinski definition) is 1. The van der Waals surface area contributed by atoms with E-state index in [1.165, 1.54) is 4.68 Å². The molecule has 0 spiro atoms. The second kappa shape index (κ2) is 8.47. The van der Waals surface area contributed by atoms with Crippen LogP contribution >= 0.6 is 0 Å². The average molecular weight is 423 g/mol. The first-order valence-electron chi connectivity index (χ1n) is 10.4. The summed E-state index contributed by atoms with van der Waals surface area (Å²) in [7, 11) is 0. The number of rotatable bonds is 6.